The van der Waals surface area contributed by atoms with Crippen molar-refractivity contribution in [2.75, 3.05) is 6.61 Å². The van der Waals surface area contributed by atoms with E-state index in [4.69, 9.17) is 4.74 Å². The Hall–Kier alpha value is -2.16. The highest BCUT2D eigenvalue weighted by molar-refractivity contribution is 5.95. The maximum Gasteiger partial charge on any atom is 0.163 e. The van der Waals surface area contributed by atoms with Crippen LogP contribution in [-0.4, -0.2) is 12.4 Å². The lowest BCUT2D eigenvalue weighted by molar-refractivity contribution is 0.0973. The van der Waals surface area contributed by atoms with E-state index in [0.717, 1.165) is 5.75 Å². The maximum absolute atomic E-state index is 12.7. The predicted molar refractivity (Wildman–Crippen MR) is 71.9 cm³/mol. The molecule has 0 unspecified atom stereocenters. The van der Waals surface area contributed by atoms with Crippen molar-refractivity contribution in [2.45, 2.75) is 12.8 Å². The van der Waals surface area contributed by atoms with Crippen LogP contribution < -0.4 is 4.74 Å². The molecule has 98 valence electrons. The Bertz CT molecular complexity index is 520. The van der Waals surface area contributed by atoms with Crippen molar-refractivity contribution in [1.29, 1.82) is 0 Å². The molecule has 0 fully saturated rings. The van der Waals surface area contributed by atoms with Gasteiger partial charge in [-0.3, -0.25) is 4.79 Å². The van der Waals surface area contributed by atoms with Crippen molar-refractivity contribution in [3.05, 3.63) is 66.0 Å². The van der Waals surface area contributed by atoms with Gasteiger partial charge in [-0.1, -0.05) is 18.2 Å². The lowest BCUT2D eigenvalue weighted by atomic mass is 10.1. The van der Waals surface area contributed by atoms with Crippen LogP contribution in [0.1, 0.15) is 23.2 Å². The molecule has 0 aliphatic heterocycles. The van der Waals surface area contributed by atoms with Crippen LogP contribution in [0.4, 0.5) is 4.39 Å². The zero-order valence-corrected chi connectivity index (χ0v) is 10.5. The predicted octanol–water partition coefficient (Wildman–Crippen LogP) is 3.87. The molecule has 0 heterocycles. The van der Waals surface area contributed by atoms with Gasteiger partial charge in [0.2, 0.25) is 0 Å². The third-order valence-electron chi connectivity index (χ3n) is 2.73. The van der Waals surface area contributed by atoms with Crippen molar-refractivity contribution in [3.8, 4) is 5.75 Å². The first-order valence-electron chi connectivity index (χ1n) is 6.22. The van der Waals surface area contributed by atoms with Crippen molar-refractivity contribution >= 4 is 5.78 Å². The van der Waals surface area contributed by atoms with Crippen molar-refractivity contribution in [3.63, 3.8) is 0 Å². The molecule has 0 N–H and O–H groups in total. The number of benzene rings is 2. The molecule has 2 aromatic carbocycles. The number of rotatable bonds is 6. The van der Waals surface area contributed by atoms with Crippen LogP contribution >= 0.6 is 0 Å². The Morgan fingerprint density at radius 1 is 1.00 bits per heavy atom. The van der Waals surface area contributed by atoms with Gasteiger partial charge >= 0.3 is 0 Å². The first-order valence-corrected chi connectivity index (χ1v) is 6.22. The SMILES string of the molecule is O=C(CCCOc1ccccc1)c1ccc(F)cc1. The summed E-state index contributed by atoms with van der Waals surface area (Å²) < 4.78 is 18.2. The molecule has 0 aromatic heterocycles. The summed E-state index contributed by atoms with van der Waals surface area (Å²) in [5.41, 5.74) is 0.543. The zero-order valence-electron chi connectivity index (χ0n) is 10.5. The van der Waals surface area contributed by atoms with E-state index in [9.17, 15) is 9.18 Å². The second-order valence-electron chi connectivity index (χ2n) is 4.20. The number of ether oxygens (including phenoxy) is 1. The van der Waals surface area contributed by atoms with Crippen LogP contribution in [0, 0.1) is 5.82 Å². The molecule has 0 bridgehead atoms. The highest BCUT2D eigenvalue weighted by Crippen LogP contribution is 2.10. The fraction of sp³-hybridized carbons (Fsp3) is 0.188. The normalized spacial score (nSPS) is 10.2. The summed E-state index contributed by atoms with van der Waals surface area (Å²) in [7, 11) is 0. The van der Waals surface area contributed by atoms with E-state index in [0.29, 0.717) is 25.0 Å². The van der Waals surface area contributed by atoms with Crippen molar-refractivity contribution in [2.24, 2.45) is 0 Å². The minimum absolute atomic E-state index is 0.0108. The Morgan fingerprint density at radius 3 is 2.37 bits per heavy atom. The summed E-state index contributed by atoms with van der Waals surface area (Å²) in [5, 5.41) is 0. The second-order valence-corrected chi connectivity index (χ2v) is 4.20. The van der Waals surface area contributed by atoms with E-state index in [1.165, 1.54) is 24.3 Å². The average molecular weight is 258 g/mol. The fourth-order valence-corrected chi connectivity index (χ4v) is 1.72. The number of carbonyl (C=O) groups excluding carboxylic acids is 1. The number of para-hydroxylation sites is 1. The van der Waals surface area contributed by atoms with E-state index in [-0.39, 0.29) is 11.6 Å². The third-order valence-corrected chi connectivity index (χ3v) is 2.73. The number of hydrogen-bond donors (Lipinski definition) is 0. The van der Waals surface area contributed by atoms with Gasteiger partial charge in [-0.25, -0.2) is 4.39 Å². The molecule has 0 spiro atoms. The summed E-state index contributed by atoms with van der Waals surface area (Å²) in [5.74, 6) is 0.484. The standard InChI is InChI=1S/C16H15FO2/c17-14-10-8-13(9-11-14)16(18)7-4-12-19-15-5-2-1-3-6-15/h1-3,5-6,8-11H,4,7,12H2. The number of carbonyl (C=O) groups is 1. The van der Waals surface area contributed by atoms with Crippen molar-refractivity contribution < 1.29 is 13.9 Å². The summed E-state index contributed by atoms with van der Waals surface area (Å²) in [6.45, 7) is 0.497. The maximum atomic E-state index is 12.7. The lowest BCUT2D eigenvalue weighted by Gasteiger charge is -2.05. The van der Waals surface area contributed by atoms with Gasteiger partial charge in [0.25, 0.3) is 0 Å². The Balaban J connectivity index is 1.74. The molecular formula is C16H15FO2. The lowest BCUT2D eigenvalue weighted by Crippen LogP contribution is -2.03. The Labute approximate surface area is 111 Å². The summed E-state index contributed by atoms with van der Waals surface area (Å²) in [4.78, 5) is 11.8. The molecule has 0 atom stereocenters. The number of Topliss-reactive ketones (excluding diaryl/α,β-unsaturated/α-hetero) is 1. The number of hydrogen-bond acceptors (Lipinski definition) is 2. The van der Waals surface area contributed by atoms with Crippen LogP contribution in [0.25, 0.3) is 0 Å². The number of halogens is 1. The second kappa shape index (κ2) is 6.69. The Kier molecular flexibility index (Phi) is 4.67. The fourth-order valence-electron chi connectivity index (χ4n) is 1.72. The van der Waals surface area contributed by atoms with Crippen molar-refractivity contribution in [1.82, 2.24) is 0 Å². The van der Waals surface area contributed by atoms with Gasteiger partial charge < -0.3 is 4.74 Å². The molecule has 2 rings (SSSR count). The van der Waals surface area contributed by atoms with Gasteiger partial charge in [-0.2, -0.15) is 0 Å². The highest BCUT2D eigenvalue weighted by atomic mass is 19.1. The van der Waals surface area contributed by atoms with Gasteiger partial charge in [-0.15, -0.1) is 0 Å². The minimum Gasteiger partial charge on any atom is -0.494 e. The zero-order chi connectivity index (χ0) is 13.5. The molecule has 0 saturated heterocycles. The van der Waals surface area contributed by atoms with Gasteiger partial charge in [0.05, 0.1) is 6.61 Å². The molecule has 0 saturated carbocycles. The molecule has 19 heavy (non-hydrogen) atoms. The highest BCUT2D eigenvalue weighted by Gasteiger charge is 2.05. The number of ketones is 1. The van der Waals surface area contributed by atoms with Crippen LogP contribution in [0.3, 0.4) is 0 Å². The summed E-state index contributed by atoms with van der Waals surface area (Å²) in [6.07, 6.45) is 1.05. The molecule has 0 aliphatic carbocycles. The molecule has 0 aliphatic rings. The molecule has 0 radical (unpaired) electrons. The smallest absolute Gasteiger partial charge is 0.163 e. The average Bonchev–Trinajstić information content (AvgIpc) is 2.45. The largest absolute Gasteiger partial charge is 0.494 e. The minimum atomic E-state index is -0.330. The molecule has 0 amide bonds. The molecule has 2 nitrogen and oxygen atoms in total. The van der Waals surface area contributed by atoms with Gasteiger partial charge in [0.15, 0.2) is 5.78 Å². The van der Waals surface area contributed by atoms with Gasteiger partial charge in [0.1, 0.15) is 11.6 Å². The van der Waals surface area contributed by atoms with Crippen LogP contribution in [0.15, 0.2) is 54.6 Å². The first-order chi connectivity index (χ1) is 9.25. The van der Waals surface area contributed by atoms with E-state index in [2.05, 4.69) is 0 Å². The topological polar surface area (TPSA) is 26.3 Å². The summed E-state index contributed by atoms with van der Waals surface area (Å²) >= 11 is 0. The van der Waals surface area contributed by atoms with E-state index < -0.39 is 0 Å². The quantitative estimate of drug-likeness (QED) is 0.580. The first kappa shape index (κ1) is 13.3. The summed E-state index contributed by atoms with van der Waals surface area (Å²) in [6, 6.07) is 15.1. The van der Waals surface area contributed by atoms with Crippen LogP contribution in [-0.2, 0) is 0 Å². The molecule has 2 aromatic rings. The van der Waals surface area contributed by atoms with E-state index in [1.807, 2.05) is 30.3 Å². The molecular weight excluding hydrogens is 243 g/mol. The third kappa shape index (κ3) is 4.21. The van der Waals surface area contributed by atoms with E-state index >= 15 is 0 Å². The van der Waals surface area contributed by atoms with Crippen LogP contribution in [0.2, 0.25) is 0 Å². The van der Waals surface area contributed by atoms with E-state index in [1.54, 1.807) is 0 Å². The van der Waals surface area contributed by atoms with Gasteiger partial charge in [0, 0.05) is 12.0 Å². The monoisotopic (exact) mass is 258 g/mol. The Morgan fingerprint density at radius 2 is 1.68 bits per heavy atom. The van der Waals surface area contributed by atoms with Crippen LogP contribution in [0.5, 0.6) is 5.75 Å². The van der Waals surface area contributed by atoms with Gasteiger partial charge in [-0.05, 0) is 42.8 Å². The molecule has 3 heteroatoms.